The van der Waals surface area contributed by atoms with Gasteiger partial charge in [0.2, 0.25) is 5.88 Å². The van der Waals surface area contributed by atoms with Crippen molar-refractivity contribution in [3.63, 3.8) is 0 Å². The van der Waals surface area contributed by atoms with Crippen LogP contribution < -0.4 is 19.1 Å². The molecule has 0 bridgehead atoms. The second-order valence-electron chi connectivity index (χ2n) is 6.25. The number of hydrogen-bond donors (Lipinski definition) is 0. The molecule has 3 aromatic rings. The highest BCUT2D eigenvalue weighted by atomic mass is 19.2. The topological polar surface area (TPSA) is 56.7 Å². The zero-order valence-corrected chi connectivity index (χ0v) is 16.4. The van der Waals surface area contributed by atoms with Crippen molar-refractivity contribution in [3.8, 4) is 23.1 Å². The van der Waals surface area contributed by atoms with Crippen LogP contribution in [0.1, 0.15) is 5.56 Å². The lowest BCUT2D eigenvalue weighted by atomic mass is 10.1. The van der Waals surface area contributed by atoms with Gasteiger partial charge in [-0.05, 0) is 36.2 Å². The molecule has 0 saturated heterocycles. The lowest BCUT2D eigenvalue weighted by Crippen LogP contribution is -2.21. The minimum absolute atomic E-state index is 0.154. The van der Waals surface area contributed by atoms with Gasteiger partial charge in [-0.2, -0.15) is 0 Å². The van der Waals surface area contributed by atoms with Crippen LogP contribution >= 0.6 is 0 Å². The zero-order chi connectivity index (χ0) is 20.8. The number of ether oxygens (including phenoxy) is 3. The second-order valence-corrected chi connectivity index (χ2v) is 6.25. The van der Waals surface area contributed by atoms with Crippen LogP contribution in [0.5, 0.6) is 23.1 Å². The minimum atomic E-state index is -0.983. The molecule has 0 amide bonds. The number of anilines is 1. The van der Waals surface area contributed by atoms with Gasteiger partial charge in [-0.3, -0.25) is 0 Å². The van der Waals surface area contributed by atoms with Crippen LogP contribution in [-0.4, -0.2) is 37.8 Å². The van der Waals surface area contributed by atoms with Crippen LogP contribution in [0.25, 0.3) is 0 Å². The van der Waals surface area contributed by atoms with Gasteiger partial charge in [0.15, 0.2) is 23.1 Å². The number of nitrogens with zero attached hydrogens (tertiary/aromatic N) is 3. The van der Waals surface area contributed by atoms with Crippen LogP contribution in [0.4, 0.5) is 14.6 Å². The Kier molecular flexibility index (Phi) is 6.43. The molecule has 0 aliphatic rings. The van der Waals surface area contributed by atoms with E-state index in [0.29, 0.717) is 23.9 Å². The number of aromatic nitrogens is 2. The van der Waals surface area contributed by atoms with Crippen molar-refractivity contribution in [2.45, 2.75) is 6.42 Å². The molecule has 0 aliphatic heterocycles. The summed E-state index contributed by atoms with van der Waals surface area (Å²) < 4.78 is 42.5. The SMILES string of the molecule is COc1ccc(CCN(C)c2cc(Oc3ccc(F)c(F)c3)ncn2)cc1OC. The van der Waals surface area contributed by atoms with E-state index in [-0.39, 0.29) is 11.6 Å². The molecule has 0 saturated carbocycles. The second kappa shape index (κ2) is 9.18. The molecule has 6 nitrogen and oxygen atoms in total. The summed E-state index contributed by atoms with van der Waals surface area (Å²) in [6.07, 6.45) is 2.11. The highest BCUT2D eigenvalue weighted by Crippen LogP contribution is 2.28. The van der Waals surface area contributed by atoms with Gasteiger partial charge >= 0.3 is 0 Å². The van der Waals surface area contributed by atoms with E-state index in [0.717, 1.165) is 24.1 Å². The van der Waals surface area contributed by atoms with E-state index in [1.807, 2.05) is 30.1 Å². The molecule has 2 aromatic carbocycles. The first-order chi connectivity index (χ1) is 14.0. The molecule has 29 heavy (non-hydrogen) atoms. The summed E-state index contributed by atoms with van der Waals surface area (Å²) in [4.78, 5) is 10.2. The standard InChI is InChI=1S/C21H21F2N3O3/c1-26(9-8-14-4-7-18(27-2)19(10-14)28-3)20-12-21(25-13-24-20)29-15-5-6-16(22)17(23)11-15/h4-7,10-13H,8-9H2,1-3H3. The quantitative estimate of drug-likeness (QED) is 0.563. The number of benzene rings is 2. The van der Waals surface area contributed by atoms with E-state index < -0.39 is 11.6 Å². The number of methoxy groups -OCH3 is 2. The summed E-state index contributed by atoms with van der Waals surface area (Å²) in [5, 5.41) is 0. The summed E-state index contributed by atoms with van der Waals surface area (Å²) in [7, 11) is 5.09. The fourth-order valence-electron chi connectivity index (χ4n) is 2.70. The molecule has 0 aliphatic carbocycles. The molecular formula is C21H21F2N3O3. The van der Waals surface area contributed by atoms with Crippen molar-refractivity contribution in [1.82, 2.24) is 9.97 Å². The van der Waals surface area contributed by atoms with Gasteiger partial charge in [0, 0.05) is 25.7 Å². The molecule has 0 fully saturated rings. The molecule has 1 aromatic heterocycles. The molecule has 0 radical (unpaired) electrons. The van der Waals surface area contributed by atoms with E-state index >= 15 is 0 Å². The van der Waals surface area contributed by atoms with Crippen molar-refractivity contribution >= 4 is 5.82 Å². The molecule has 0 atom stereocenters. The first-order valence-electron chi connectivity index (χ1n) is 8.87. The Bertz CT molecular complexity index is 985. The summed E-state index contributed by atoms with van der Waals surface area (Å²) in [5.74, 6) is 0.467. The Balaban J connectivity index is 1.66. The average molecular weight is 401 g/mol. The number of rotatable bonds is 8. The first-order valence-corrected chi connectivity index (χ1v) is 8.87. The Labute approximate surface area is 167 Å². The van der Waals surface area contributed by atoms with Crippen LogP contribution in [0.15, 0.2) is 48.8 Å². The van der Waals surface area contributed by atoms with Gasteiger partial charge in [0.1, 0.15) is 17.9 Å². The van der Waals surface area contributed by atoms with Crippen LogP contribution in [0.3, 0.4) is 0 Å². The molecule has 0 spiro atoms. The van der Waals surface area contributed by atoms with Gasteiger partial charge < -0.3 is 19.1 Å². The van der Waals surface area contributed by atoms with Crippen molar-refractivity contribution < 1.29 is 23.0 Å². The van der Waals surface area contributed by atoms with Crippen LogP contribution in [0, 0.1) is 11.6 Å². The predicted octanol–water partition coefficient (Wildman–Crippen LogP) is 4.24. The fourth-order valence-corrected chi connectivity index (χ4v) is 2.70. The highest BCUT2D eigenvalue weighted by molar-refractivity contribution is 5.44. The van der Waals surface area contributed by atoms with E-state index in [4.69, 9.17) is 14.2 Å². The third kappa shape index (κ3) is 5.10. The average Bonchev–Trinajstić information content (AvgIpc) is 2.74. The third-order valence-electron chi connectivity index (χ3n) is 4.32. The number of likely N-dealkylation sites (N-methyl/N-ethyl adjacent to an activating group) is 1. The molecule has 1 heterocycles. The van der Waals surface area contributed by atoms with Gasteiger partial charge in [-0.1, -0.05) is 6.07 Å². The fraction of sp³-hybridized carbons (Fsp3) is 0.238. The van der Waals surface area contributed by atoms with Crippen molar-refractivity contribution in [1.29, 1.82) is 0 Å². The van der Waals surface area contributed by atoms with Gasteiger partial charge in [-0.15, -0.1) is 0 Å². The lowest BCUT2D eigenvalue weighted by molar-refractivity contribution is 0.354. The summed E-state index contributed by atoms with van der Waals surface area (Å²) in [6, 6.07) is 10.7. The normalized spacial score (nSPS) is 10.5. The maximum Gasteiger partial charge on any atom is 0.224 e. The summed E-state index contributed by atoms with van der Waals surface area (Å²) in [6.45, 7) is 0.678. The van der Waals surface area contributed by atoms with E-state index in [2.05, 4.69) is 9.97 Å². The molecule has 8 heteroatoms. The van der Waals surface area contributed by atoms with E-state index in [1.165, 1.54) is 12.4 Å². The maximum absolute atomic E-state index is 13.3. The first kappa shape index (κ1) is 20.3. The smallest absolute Gasteiger partial charge is 0.224 e. The van der Waals surface area contributed by atoms with E-state index in [9.17, 15) is 8.78 Å². The lowest BCUT2D eigenvalue weighted by Gasteiger charge is -2.19. The zero-order valence-electron chi connectivity index (χ0n) is 16.4. The number of halogens is 2. The maximum atomic E-state index is 13.3. The predicted molar refractivity (Wildman–Crippen MR) is 105 cm³/mol. The molecule has 0 N–H and O–H groups in total. The molecule has 152 valence electrons. The Morgan fingerprint density at radius 1 is 0.897 bits per heavy atom. The summed E-state index contributed by atoms with van der Waals surface area (Å²) >= 11 is 0. The highest BCUT2D eigenvalue weighted by Gasteiger charge is 2.10. The molecular weight excluding hydrogens is 380 g/mol. The third-order valence-corrected chi connectivity index (χ3v) is 4.32. The Morgan fingerprint density at radius 3 is 2.41 bits per heavy atom. The van der Waals surface area contributed by atoms with Crippen molar-refractivity contribution in [2.24, 2.45) is 0 Å². The van der Waals surface area contributed by atoms with Crippen molar-refractivity contribution in [3.05, 3.63) is 66.0 Å². The van der Waals surface area contributed by atoms with Crippen LogP contribution in [0.2, 0.25) is 0 Å². The van der Waals surface area contributed by atoms with Gasteiger partial charge in [-0.25, -0.2) is 18.7 Å². The molecule has 3 rings (SSSR count). The minimum Gasteiger partial charge on any atom is -0.493 e. The Morgan fingerprint density at radius 2 is 1.69 bits per heavy atom. The van der Waals surface area contributed by atoms with Gasteiger partial charge in [0.25, 0.3) is 0 Å². The number of hydrogen-bond acceptors (Lipinski definition) is 6. The van der Waals surface area contributed by atoms with Crippen molar-refractivity contribution in [2.75, 3.05) is 32.7 Å². The van der Waals surface area contributed by atoms with E-state index in [1.54, 1.807) is 20.3 Å². The molecule has 0 unspecified atom stereocenters. The monoisotopic (exact) mass is 401 g/mol. The summed E-state index contributed by atoms with van der Waals surface area (Å²) in [5.41, 5.74) is 1.09. The van der Waals surface area contributed by atoms with Crippen LogP contribution in [-0.2, 0) is 6.42 Å². The Hall–Kier alpha value is -3.42. The largest absolute Gasteiger partial charge is 0.493 e. The van der Waals surface area contributed by atoms with Gasteiger partial charge in [0.05, 0.1) is 14.2 Å².